The third kappa shape index (κ3) is 2.34. The number of aryl methyl sites for hydroxylation is 1. The normalized spacial score (nSPS) is 10.5. The molecule has 0 unspecified atom stereocenters. The van der Waals surface area contributed by atoms with Gasteiger partial charge in [0.1, 0.15) is 17.8 Å². The molecule has 2 heterocycles. The zero-order chi connectivity index (χ0) is 12.4. The molecule has 0 fully saturated rings. The summed E-state index contributed by atoms with van der Waals surface area (Å²) in [4.78, 5) is 9.85. The summed E-state index contributed by atoms with van der Waals surface area (Å²) in [6.07, 6.45) is 3.06. The van der Waals surface area contributed by atoms with Gasteiger partial charge in [0.2, 0.25) is 0 Å². The Morgan fingerprint density at radius 1 is 1.47 bits per heavy atom. The number of rotatable bonds is 3. The maximum absolute atomic E-state index is 5.85. The van der Waals surface area contributed by atoms with Crippen molar-refractivity contribution in [2.24, 2.45) is 0 Å². The molecule has 2 aromatic heterocycles. The van der Waals surface area contributed by atoms with Crippen LogP contribution in [0.15, 0.2) is 23.1 Å². The van der Waals surface area contributed by atoms with E-state index in [0.29, 0.717) is 18.1 Å². The number of aromatic nitrogens is 2. The van der Waals surface area contributed by atoms with Gasteiger partial charge in [-0.1, -0.05) is 11.6 Å². The van der Waals surface area contributed by atoms with Crippen molar-refractivity contribution in [3.05, 3.63) is 35.1 Å². The van der Waals surface area contributed by atoms with E-state index >= 15 is 0 Å². The van der Waals surface area contributed by atoms with Gasteiger partial charge in [-0.25, -0.2) is 9.97 Å². The maximum Gasteiger partial charge on any atom is 0.157 e. The van der Waals surface area contributed by atoms with Crippen LogP contribution in [0.1, 0.15) is 11.3 Å². The van der Waals surface area contributed by atoms with Crippen LogP contribution in [0.25, 0.3) is 0 Å². The van der Waals surface area contributed by atoms with Crippen LogP contribution in [-0.2, 0) is 6.54 Å². The summed E-state index contributed by atoms with van der Waals surface area (Å²) >= 11 is 5.85. The molecule has 0 aliphatic heterocycles. The minimum Gasteiger partial charge on any atom is -0.469 e. The Balaban J connectivity index is 2.23. The van der Waals surface area contributed by atoms with Gasteiger partial charge in [0.25, 0.3) is 0 Å². The zero-order valence-electron chi connectivity index (χ0n) is 9.64. The molecule has 0 saturated carbocycles. The molecule has 0 aliphatic carbocycles. The van der Waals surface area contributed by atoms with Crippen LogP contribution in [0.4, 0.5) is 11.5 Å². The molecular formula is C11H13ClN4O. The Bertz CT molecular complexity index is 526. The first-order valence-electron chi connectivity index (χ1n) is 5.09. The summed E-state index contributed by atoms with van der Waals surface area (Å²) in [5.74, 6) is 1.50. The summed E-state index contributed by atoms with van der Waals surface area (Å²) in [6.45, 7) is 2.57. The summed E-state index contributed by atoms with van der Waals surface area (Å²) in [5.41, 5.74) is 7.30. The molecule has 90 valence electrons. The van der Waals surface area contributed by atoms with Crippen LogP contribution in [-0.4, -0.2) is 17.0 Å². The summed E-state index contributed by atoms with van der Waals surface area (Å²) < 4.78 is 5.24. The van der Waals surface area contributed by atoms with Gasteiger partial charge < -0.3 is 15.1 Å². The molecule has 5 nitrogen and oxygen atoms in total. The van der Waals surface area contributed by atoms with Gasteiger partial charge in [-0.15, -0.1) is 0 Å². The Hall–Kier alpha value is -1.75. The Kier molecular flexibility index (Phi) is 3.19. The SMILES string of the molecule is Cc1occc1CN(C)c1ncnc(Cl)c1N. The monoisotopic (exact) mass is 252 g/mol. The molecular weight excluding hydrogens is 240 g/mol. The van der Waals surface area contributed by atoms with E-state index in [1.807, 2.05) is 24.9 Å². The third-order valence-corrected chi connectivity index (χ3v) is 2.85. The van der Waals surface area contributed by atoms with Gasteiger partial charge in [0.05, 0.1) is 6.26 Å². The van der Waals surface area contributed by atoms with Gasteiger partial charge in [-0.2, -0.15) is 0 Å². The van der Waals surface area contributed by atoms with Gasteiger partial charge in [0.15, 0.2) is 11.0 Å². The highest BCUT2D eigenvalue weighted by Gasteiger charge is 2.12. The fourth-order valence-corrected chi connectivity index (χ4v) is 1.70. The standard InChI is InChI=1S/C11H13ClN4O/c1-7-8(3-4-17-7)5-16(2)11-9(13)10(12)14-6-15-11/h3-4,6H,5,13H2,1-2H3. The summed E-state index contributed by atoms with van der Waals surface area (Å²) in [7, 11) is 1.89. The van der Waals surface area contributed by atoms with E-state index in [1.165, 1.54) is 6.33 Å². The number of nitrogens with zero attached hydrogens (tertiary/aromatic N) is 3. The van der Waals surface area contributed by atoms with Crippen molar-refractivity contribution in [1.29, 1.82) is 0 Å². The number of halogens is 1. The van der Waals surface area contributed by atoms with Crippen molar-refractivity contribution in [2.45, 2.75) is 13.5 Å². The Morgan fingerprint density at radius 2 is 2.24 bits per heavy atom. The summed E-state index contributed by atoms with van der Waals surface area (Å²) in [5, 5.41) is 0.269. The number of nitrogens with two attached hydrogens (primary N) is 1. The van der Waals surface area contributed by atoms with Crippen molar-refractivity contribution in [1.82, 2.24) is 9.97 Å². The first-order valence-corrected chi connectivity index (χ1v) is 5.47. The van der Waals surface area contributed by atoms with Crippen molar-refractivity contribution < 1.29 is 4.42 Å². The molecule has 0 saturated heterocycles. The molecule has 2 aromatic rings. The number of anilines is 2. The summed E-state index contributed by atoms with van der Waals surface area (Å²) in [6, 6.07) is 1.92. The van der Waals surface area contributed by atoms with Gasteiger partial charge in [-0.3, -0.25) is 0 Å². The molecule has 0 spiro atoms. The third-order valence-electron chi connectivity index (χ3n) is 2.55. The highest BCUT2D eigenvalue weighted by molar-refractivity contribution is 6.32. The van der Waals surface area contributed by atoms with Crippen molar-refractivity contribution >= 4 is 23.1 Å². The first kappa shape index (κ1) is 11.7. The lowest BCUT2D eigenvalue weighted by Crippen LogP contribution is -2.19. The number of hydrogen-bond acceptors (Lipinski definition) is 5. The second-order valence-electron chi connectivity index (χ2n) is 3.76. The number of nitrogen functional groups attached to an aromatic ring is 1. The minimum absolute atomic E-state index is 0.269. The van der Waals surface area contributed by atoms with Crippen molar-refractivity contribution in [3.63, 3.8) is 0 Å². The van der Waals surface area contributed by atoms with Crippen LogP contribution in [0, 0.1) is 6.92 Å². The van der Waals surface area contributed by atoms with E-state index in [0.717, 1.165) is 11.3 Å². The molecule has 17 heavy (non-hydrogen) atoms. The largest absolute Gasteiger partial charge is 0.469 e. The molecule has 0 bridgehead atoms. The number of hydrogen-bond donors (Lipinski definition) is 1. The molecule has 2 N–H and O–H groups in total. The predicted molar refractivity (Wildman–Crippen MR) is 67.0 cm³/mol. The van der Waals surface area contributed by atoms with E-state index in [4.69, 9.17) is 21.8 Å². The van der Waals surface area contributed by atoms with E-state index < -0.39 is 0 Å². The molecule has 0 aromatic carbocycles. The second kappa shape index (κ2) is 4.63. The lowest BCUT2D eigenvalue weighted by Gasteiger charge is -2.19. The van der Waals surface area contributed by atoms with Crippen LogP contribution in [0.3, 0.4) is 0 Å². The van der Waals surface area contributed by atoms with E-state index in [1.54, 1.807) is 6.26 Å². The number of furan rings is 1. The van der Waals surface area contributed by atoms with Crippen LogP contribution in [0.5, 0.6) is 0 Å². The van der Waals surface area contributed by atoms with Crippen molar-refractivity contribution in [2.75, 3.05) is 17.7 Å². The molecule has 2 rings (SSSR count). The lowest BCUT2D eigenvalue weighted by molar-refractivity contribution is 0.529. The molecule has 0 amide bonds. The van der Waals surface area contributed by atoms with Crippen LogP contribution >= 0.6 is 11.6 Å². The lowest BCUT2D eigenvalue weighted by atomic mass is 10.2. The quantitative estimate of drug-likeness (QED) is 0.849. The minimum atomic E-state index is 0.269. The van der Waals surface area contributed by atoms with Crippen LogP contribution < -0.4 is 10.6 Å². The Morgan fingerprint density at radius 3 is 2.88 bits per heavy atom. The van der Waals surface area contributed by atoms with Crippen molar-refractivity contribution in [3.8, 4) is 0 Å². The first-order chi connectivity index (χ1) is 8.09. The second-order valence-corrected chi connectivity index (χ2v) is 4.12. The molecule has 6 heteroatoms. The van der Waals surface area contributed by atoms with Gasteiger partial charge in [0, 0.05) is 19.2 Å². The highest BCUT2D eigenvalue weighted by Crippen LogP contribution is 2.26. The van der Waals surface area contributed by atoms with E-state index in [9.17, 15) is 0 Å². The fourth-order valence-electron chi connectivity index (χ4n) is 1.58. The predicted octanol–water partition coefficient (Wildman–Crippen LogP) is 2.25. The fraction of sp³-hybridized carbons (Fsp3) is 0.273. The molecule has 0 aliphatic rings. The highest BCUT2D eigenvalue weighted by atomic mass is 35.5. The maximum atomic E-state index is 5.85. The van der Waals surface area contributed by atoms with Crippen LogP contribution in [0.2, 0.25) is 5.15 Å². The van der Waals surface area contributed by atoms with E-state index in [2.05, 4.69) is 9.97 Å². The topological polar surface area (TPSA) is 68.2 Å². The average molecular weight is 253 g/mol. The van der Waals surface area contributed by atoms with E-state index in [-0.39, 0.29) is 5.15 Å². The molecule has 0 atom stereocenters. The molecule has 0 radical (unpaired) electrons. The van der Waals surface area contributed by atoms with Gasteiger partial charge >= 0.3 is 0 Å². The average Bonchev–Trinajstić information content (AvgIpc) is 2.68. The zero-order valence-corrected chi connectivity index (χ0v) is 10.4. The smallest absolute Gasteiger partial charge is 0.157 e. The Labute approximate surface area is 104 Å². The van der Waals surface area contributed by atoms with Gasteiger partial charge in [-0.05, 0) is 13.0 Å².